The second-order valence-corrected chi connectivity index (χ2v) is 5.03. The Hall–Kier alpha value is -0.940. The van der Waals surface area contributed by atoms with Gasteiger partial charge in [0.1, 0.15) is 11.8 Å². The molecule has 0 aliphatic carbocycles. The molecule has 96 valence electrons. The monoisotopic (exact) mass is 238 g/mol. The van der Waals surface area contributed by atoms with E-state index in [4.69, 9.17) is 10.5 Å². The number of rotatable bonds is 5. The van der Waals surface area contributed by atoms with Gasteiger partial charge in [0.05, 0.1) is 5.69 Å². The first-order valence-electron chi connectivity index (χ1n) is 6.46. The van der Waals surface area contributed by atoms with Gasteiger partial charge in [0.25, 0.3) is 0 Å². The molecule has 1 aromatic heterocycles. The van der Waals surface area contributed by atoms with Gasteiger partial charge < -0.3 is 10.5 Å². The van der Waals surface area contributed by atoms with E-state index in [0.29, 0.717) is 12.5 Å². The molecule has 1 aliphatic heterocycles. The molecule has 0 radical (unpaired) electrons. The van der Waals surface area contributed by atoms with E-state index in [0.717, 1.165) is 43.8 Å². The fraction of sp³-hybridized carbons (Fsp3) is 0.833. The molecule has 1 aromatic rings. The van der Waals surface area contributed by atoms with Crippen molar-refractivity contribution in [2.45, 2.75) is 52.3 Å². The summed E-state index contributed by atoms with van der Waals surface area (Å²) in [6.45, 7) is 6.61. The number of hydrogen-bond acceptors (Lipinski definition) is 4. The summed E-state index contributed by atoms with van der Waals surface area (Å²) in [5.41, 5.74) is 7.71. The molecular formula is C12H22N4O. The summed E-state index contributed by atoms with van der Waals surface area (Å²) in [6.07, 6.45) is 3.43. The van der Waals surface area contributed by atoms with Crippen molar-refractivity contribution in [2.24, 2.45) is 11.7 Å². The van der Waals surface area contributed by atoms with E-state index in [9.17, 15) is 0 Å². The van der Waals surface area contributed by atoms with Crippen LogP contribution < -0.4 is 5.73 Å². The highest BCUT2D eigenvalue weighted by Crippen LogP contribution is 2.30. The molecule has 0 bridgehead atoms. The quantitative estimate of drug-likeness (QED) is 0.846. The predicted molar refractivity (Wildman–Crippen MR) is 65.3 cm³/mol. The molecular weight excluding hydrogens is 216 g/mol. The van der Waals surface area contributed by atoms with Crippen LogP contribution in [-0.4, -0.2) is 21.6 Å². The largest absolute Gasteiger partial charge is 0.372 e. The highest BCUT2D eigenvalue weighted by atomic mass is 16.5. The average molecular weight is 238 g/mol. The lowest BCUT2D eigenvalue weighted by molar-refractivity contribution is 0.103. The lowest BCUT2D eigenvalue weighted by Crippen LogP contribution is -2.13. The van der Waals surface area contributed by atoms with Gasteiger partial charge in [-0.2, -0.15) is 0 Å². The van der Waals surface area contributed by atoms with Gasteiger partial charge >= 0.3 is 0 Å². The maximum Gasteiger partial charge on any atom is 0.102 e. The minimum Gasteiger partial charge on any atom is -0.372 e. The maximum atomic E-state index is 5.73. The Labute approximate surface area is 102 Å². The Morgan fingerprint density at radius 1 is 1.53 bits per heavy atom. The van der Waals surface area contributed by atoms with Crippen LogP contribution in [0.5, 0.6) is 0 Å². The van der Waals surface area contributed by atoms with Gasteiger partial charge in [-0.3, -0.25) is 0 Å². The summed E-state index contributed by atoms with van der Waals surface area (Å²) < 4.78 is 7.72. The summed E-state index contributed by atoms with van der Waals surface area (Å²) in [7, 11) is 0. The van der Waals surface area contributed by atoms with Gasteiger partial charge in [-0.05, 0) is 25.2 Å². The summed E-state index contributed by atoms with van der Waals surface area (Å²) in [5, 5.41) is 8.38. The zero-order chi connectivity index (χ0) is 12.3. The molecule has 1 fully saturated rings. The lowest BCUT2D eigenvalue weighted by Gasteiger charge is -2.14. The second-order valence-electron chi connectivity index (χ2n) is 5.03. The van der Waals surface area contributed by atoms with Crippen LogP contribution in [0.2, 0.25) is 0 Å². The number of ether oxygens (including phenoxy) is 1. The standard InChI is InChI=1S/C12H22N4O/c1-9(2)5-6-16-12(10(8-13)14-15-16)11-4-3-7-17-11/h9,11H,3-8,13H2,1-2H3. The number of nitrogens with zero attached hydrogens (tertiary/aromatic N) is 3. The zero-order valence-corrected chi connectivity index (χ0v) is 10.7. The van der Waals surface area contributed by atoms with Crippen LogP contribution >= 0.6 is 0 Å². The molecule has 5 nitrogen and oxygen atoms in total. The molecule has 17 heavy (non-hydrogen) atoms. The molecule has 1 aliphatic rings. The Morgan fingerprint density at radius 2 is 2.35 bits per heavy atom. The summed E-state index contributed by atoms with van der Waals surface area (Å²) in [5.74, 6) is 0.665. The summed E-state index contributed by atoms with van der Waals surface area (Å²) in [4.78, 5) is 0. The van der Waals surface area contributed by atoms with Crippen molar-refractivity contribution >= 4 is 0 Å². The van der Waals surface area contributed by atoms with E-state index in [1.54, 1.807) is 0 Å². The predicted octanol–water partition coefficient (Wildman–Crippen LogP) is 1.63. The molecule has 1 unspecified atom stereocenters. The van der Waals surface area contributed by atoms with Crippen LogP contribution in [0.4, 0.5) is 0 Å². The molecule has 5 heteroatoms. The smallest absolute Gasteiger partial charge is 0.102 e. The molecule has 0 amide bonds. The molecule has 0 aromatic carbocycles. The second kappa shape index (κ2) is 5.60. The SMILES string of the molecule is CC(C)CCn1nnc(CN)c1C1CCCO1. The van der Waals surface area contributed by atoms with Crippen molar-refractivity contribution < 1.29 is 4.74 Å². The van der Waals surface area contributed by atoms with Crippen molar-refractivity contribution in [1.82, 2.24) is 15.0 Å². The first-order valence-corrected chi connectivity index (χ1v) is 6.46. The van der Waals surface area contributed by atoms with Crippen LogP contribution in [0.25, 0.3) is 0 Å². The van der Waals surface area contributed by atoms with E-state index >= 15 is 0 Å². The minimum absolute atomic E-state index is 0.149. The van der Waals surface area contributed by atoms with Gasteiger partial charge in [-0.25, -0.2) is 4.68 Å². The van der Waals surface area contributed by atoms with Crippen LogP contribution in [0.3, 0.4) is 0 Å². The maximum absolute atomic E-state index is 5.73. The third-order valence-corrected chi connectivity index (χ3v) is 3.19. The first kappa shape index (κ1) is 12.5. The van der Waals surface area contributed by atoms with Gasteiger partial charge in [0.15, 0.2) is 0 Å². The van der Waals surface area contributed by atoms with Crippen molar-refractivity contribution in [3.63, 3.8) is 0 Å². The molecule has 2 heterocycles. The fourth-order valence-corrected chi connectivity index (χ4v) is 2.19. The Bertz CT molecular complexity index is 355. The first-order chi connectivity index (χ1) is 8.22. The topological polar surface area (TPSA) is 66.0 Å². The Balaban J connectivity index is 2.16. The summed E-state index contributed by atoms with van der Waals surface area (Å²) >= 11 is 0. The van der Waals surface area contributed by atoms with Gasteiger partial charge in [0, 0.05) is 19.7 Å². The average Bonchev–Trinajstić information content (AvgIpc) is 2.94. The highest BCUT2D eigenvalue weighted by Gasteiger charge is 2.25. The number of aromatic nitrogens is 3. The van der Waals surface area contributed by atoms with E-state index in [1.807, 2.05) is 4.68 Å². The number of nitrogens with two attached hydrogens (primary N) is 1. The van der Waals surface area contributed by atoms with Crippen molar-refractivity contribution in [1.29, 1.82) is 0 Å². The van der Waals surface area contributed by atoms with Crippen molar-refractivity contribution in [2.75, 3.05) is 6.61 Å². The van der Waals surface area contributed by atoms with Crippen LogP contribution in [0.15, 0.2) is 0 Å². The molecule has 1 atom stereocenters. The van der Waals surface area contributed by atoms with Crippen LogP contribution in [-0.2, 0) is 17.8 Å². The van der Waals surface area contributed by atoms with Crippen molar-refractivity contribution in [3.05, 3.63) is 11.4 Å². The molecule has 0 saturated carbocycles. The normalized spacial score (nSPS) is 20.4. The molecule has 2 N–H and O–H groups in total. The van der Waals surface area contributed by atoms with E-state index in [2.05, 4.69) is 24.2 Å². The van der Waals surface area contributed by atoms with Gasteiger partial charge in [-0.15, -0.1) is 5.10 Å². The lowest BCUT2D eigenvalue weighted by atomic mass is 10.1. The Kier molecular flexibility index (Phi) is 4.12. The summed E-state index contributed by atoms with van der Waals surface area (Å²) in [6, 6.07) is 0. The van der Waals surface area contributed by atoms with Crippen LogP contribution in [0.1, 0.15) is 50.6 Å². The number of aryl methyl sites for hydroxylation is 1. The third-order valence-electron chi connectivity index (χ3n) is 3.19. The molecule has 0 spiro atoms. The zero-order valence-electron chi connectivity index (χ0n) is 10.7. The van der Waals surface area contributed by atoms with Crippen LogP contribution in [0, 0.1) is 5.92 Å². The number of hydrogen-bond donors (Lipinski definition) is 1. The van der Waals surface area contributed by atoms with E-state index in [-0.39, 0.29) is 6.10 Å². The highest BCUT2D eigenvalue weighted by molar-refractivity contribution is 5.14. The molecule has 2 rings (SSSR count). The molecule has 1 saturated heterocycles. The fourth-order valence-electron chi connectivity index (χ4n) is 2.19. The van der Waals surface area contributed by atoms with Gasteiger partial charge in [0.2, 0.25) is 0 Å². The van der Waals surface area contributed by atoms with Gasteiger partial charge in [-0.1, -0.05) is 19.1 Å². The third kappa shape index (κ3) is 2.84. The van der Waals surface area contributed by atoms with E-state index < -0.39 is 0 Å². The van der Waals surface area contributed by atoms with E-state index in [1.165, 1.54) is 0 Å². The minimum atomic E-state index is 0.149. The van der Waals surface area contributed by atoms with Crippen molar-refractivity contribution in [3.8, 4) is 0 Å². The Morgan fingerprint density at radius 3 is 2.94 bits per heavy atom.